The van der Waals surface area contributed by atoms with E-state index in [4.69, 9.17) is 11.6 Å². The SMILES string of the molecule is CCS(=O)(=O)N1CCC(CS(=O)(=O)NNC(=O)c2cc(-c3cn(C)cn3)cc(Cl)c2F)C1. The summed E-state index contributed by atoms with van der Waals surface area (Å²) in [5, 5.41) is -0.315. The van der Waals surface area contributed by atoms with Crippen LogP contribution in [0.3, 0.4) is 0 Å². The molecule has 3 rings (SSSR count). The van der Waals surface area contributed by atoms with Crippen LogP contribution in [0.5, 0.6) is 0 Å². The predicted octanol–water partition coefficient (Wildman–Crippen LogP) is 1.12. The van der Waals surface area contributed by atoms with Gasteiger partial charge in [0, 0.05) is 31.9 Å². The van der Waals surface area contributed by atoms with Gasteiger partial charge in [-0.25, -0.2) is 30.5 Å². The molecule has 2 aromatic rings. The van der Waals surface area contributed by atoms with Crippen molar-refractivity contribution in [1.29, 1.82) is 0 Å². The van der Waals surface area contributed by atoms with Crippen LogP contribution in [-0.4, -0.2) is 61.2 Å². The molecule has 1 atom stereocenters. The predicted molar refractivity (Wildman–Crippen MR) is 117 cm³/mol. The van der Waals surface area contributed by atoms with Crippen molar-refractivity contribution in [2.24, 2.45) is 13.0 Å². The van der Waals surface area contributed by atoms with Crippen molar-refractivity contribution in [1.82, 2.24) is 24.1 Å². The van der Waals surface area contributed by atoms with Gasteiger partial charge in [-0.2, -0.15) is 0 Å². The van der Waals surface area contributed by atoms with Crippen LogP contribution >= 0.6 is 11.6 Å². The first-order valence-corrected chi connectivity index (χ1v) is 13.3. The van der Waals surface area contributed by atoms with Gasteiger partial charge in [0.05, 0.1) is 34.1 Å². The summed E-state index contributed by atoms with van der Waals surface area (Å²) in [7, 11) is -5.65. The number of hydrogen-bond acceptors (Lipinski definition) is 6. The number of halogens is 2. The van der Waals surface area contributed by atoms with Crippen LogP contribution in [-0.2, 0) is 27.1 Å². The van der Waals surface area contributed by atoms with Gasteiger partial charge in [-0.15, -0.1) is 4.83 Å². The van der Waals surface area contributed by atoms with Crippen molar-refractivity contribution in [2.75, 3.05) is 24.6 Å². The average molecular weight is 508 g/mol. The molecule has 1 fully saturated rings. The zero-order valence-electron chi connectivity index (χ0n) is 17.4. The summed E-state index contributed by atoms with van der Waals surface area (Å²) >= 11 is 5.90. The minimum atomic E-state index is -4.00. The van der Waals surface area contributed by atoms with Crippen molar-refractivity contribution >= 4 is 37.6 Å². The maximum absolute atomic E-state index is 14.4. The molecular formula is C18H23ClFN5O5S2. The fraction of sp³-hybridized carbons (Fsp3) is 0.444. The molecule has 0 aliphatic carbocycles. The monoisotopic (exact) mass is 507 g/mol. The lowest BCUT2D eigenvalue weighted by atomic mass is 10.1. The first kappa shape index (κ1) is 24.6. The van der Waals surface area contributed by atoms with Gasteiger partial charge in [0.25, 0.3) is 5.91 Å². The number of carbonyl (C=O) groups excluding carboxylic acids is 1. The summed E-state index contributed by atoms with van der Waals surface area (Å²) in [6.45, 7) is 1.85. The van der Waals surface area contributed by atoms with E-state index in [9.17, 15) is 26.0 Å². The van der Waals surface area contributed by atoms with Gasteiger partial charge in [0.2, 0.25) is 20.0 Å². The Balaban J connectivity index is 1.67. The standard InChI is InChI=1S/C18H23ClFN5O5S2/c1-3-32(29,30)25-5-4-12(8-25)10-31(27,28)23-22-18(26)14-6-13(7-15(19)17(14)20)16-9-24(2)11-21-16/h6-7,9,11-12,23H,3-5,8,10H2,1-2H3,(H,22,26). The van der Waals surface area contributed by atoms with Gasteiger partial charge in [0.15, 0.2) is 5.82 Å². The number of aryl methyl sites for hydroxylation is 1. The van der Waals surface area contributed by atoms with Crippen LogP contribution in [0, 0.1) is 11.7 Å². The molecule has 14 heteroatoms. The Labute approximate surface area is 190 Å². The molecule has 32 heavy (non-hydrogen) atoms. The van der Waals surface area contributed by atoms with Crippen molar-refractivity contribution in [3.05, 3.63) is 41.1 Å². The lowest BCUT2D eigenvalue weighted by molar-refractivity contribution is 0.0941. The number of imidazole rings is 1. The second-order valence-electron chi connectivity index (χ2n) is 7.49. The summed E-state index contributed by atoms with van der Waals surface area (Å²) in [5.41, 5.74) is 2.37. The lowest BCUT2D eigenvalue weighted by Crippen LogP contribution is -2.44. The number of aromatic nitrogens is 2. The van der Waals surface area contributed by atoms with Crippen LogP contribution in [0.25, 0.3) is 11.3 Å². The molecule has 1 aliphatic heterocycles. The fourth-order valence-electron chi connectivity index (χ4n) is 3.38. The molecule has 10 nitrogen and oxygen atoms in total. The number of carbonyl (C=O) groups is 1. The Bertz CT molecular complexity index is 1230. The Morgan fingerprint density at radius 3 is 2.66 bits per heavy atom. The Morgan fingerprint density at radius 2 is 2.03 bits per heavy atom. The molecular weight excluding hydrogens is 485 g/mol. The van der Waals surface area contributed by atoms with E-state index in [0.29, 0.717) is 17.7 Å². The maximum Gasteiger partial charge on any atom is 0.269 e. The van der Waals surface area contributed by atoms with E-state index in [1.165, 1.54) is 29.7 Å². The molecule has 0 radical (unpaired) electrons. The lowest BCUT2D eigenvalue weighted by Gasteiger charge is -2.16. The minimum absolute atomic E-state index is 0.0630. The molecule has 1 amide bonds. The molecule has 2 heterocycles. The highest BCUT2D eigenvalue weighted by atomic mass is 35.5. The van der Waals surface area contributed by atoms with Crippen molar-refractivity contribution < 1.29 is 26.0 Å². The second kappa shape index (κ2) is 9.43. The van der Waals surface area contributed by atoms with E-state index in [1.54, 1.807) is 17.8 Å². The molecule has 0 bridgehead atoms. The number of amides is 1. The van der Waals surface area contributed by atoms with Gasteiger partial charge in [-0.3, -0.25) is 10.2 Å². The van der Waals surface area contributed by atoms with Crippen molar-refractivity contribution in [3.63, 3.8) is 0 Å². The van der Waals surface area contributed by atoms with E-state index in [2.05, 4.69) is 4.98 Å². The van der Waals surface area contributed by atoms with Gasteiger partial charge in [-0.05, 0) is 31.4 Å². The highest BCUT2D eigenvalue weighted by Gasteiger charge is 2.33. The molecule has 2 N–H and O–H groups in total. The third-order valence-electron chi connectivity index (χ3n) is 5.06. The fourth-order valence-corrected chi connectivity index (χ4v) is 6.01. The van der Waals surface area contributed by atoms with Crippen molar-refractivity contribution in [3.8, 4) is 11.3 Å². The number of hydrazine groups is 1. The van der Waals surface area contributed by atoms with Crippen LogP contribution in [0.15, 0.2) is 24.7 Å². The molecule has 1 aliphatic rings. The third-order valence-corrected chi connectivity index (χ3v) is 8.50. The van der Waals surface area contributed by atoms with Crippen LogP contribution < -0.4 is 10.3 Å². The normalized spacial score (nSPS) is 17.6. The summed E-state index contributed by atoms with van der Waals surface area (Å²) in [6.07, 6.45) is 3.55. The summed E-state index contributed by atoms with van der Waals surface area (Å²) in [6, 6.07) is 2.54. The van der Waals surface area contributed by atoms with Gasteiger partial charge >= 0.3 is 0 Å². The smallest absolute Gasteiger partial charge is 0.269 e. The Morgan fingerprint density at radius 1 is 1.31 bits per heavy atom. The van der Waals surface area contributed by atoms with Crippen LogP contribution in [0.1, 0.15) is 23.7 Å². The molecule has 1 aromatic carbocycles. The zero-order valence-corrected chi connectivity index (χ0v) is 19.8. The molecule has 1 aromatic heterocycles. The summed E-state index contributed by atoms with van der Waals surface area (Å²) < 4.78 is 65.9. The number of sulfonamides is 2. The number of rotatable bonds is 8. The van der Waals surface area contributed by atoms with Gasteiger partial charge in [-0.1, -0.05) is 11.6 Å². The van der Waals surface area contributed by atoms with E-state index in [1.807, 2.05) is 10.3 Å². The molecule has 1 unspecified atom stereocenters. The number of benzene rings is 1. The molecule has 0 spiro atoms. The Kier molecular flexibility index (Phi) is 7.25. The van der Waals surface area contributed by atoms with E-state index >= 15 is 0 Å². The number of nitrogens with one attached hydrogen (secondary N) is 2. The van der Waals surface area contributed by atoms with Crippen LogP contribution in [0.2, 0.25) is 5.02 Å². The first-order chi connectivity index (χ1) is 14.9. The number of hydrogen-bond donors (Lipinski definition) is 2. The number of nitrogens with zero attached hydrogens (tertiary/aromatic N) is 3. The largest absolute Gasteiger partial charge is 0.340 e. The highest BCUT2D eigenvalue weighted by Crippen LogP contribution is 2.27. The first-order valence-electron chi connectivity index (χ1n) is 9.67. The van der Waals surface area contributed by atoms with E-state index in [0.717, 1.165) is 0 Å². The van der Waals surface area contributed by atoms with Gasteiger partial charge < -0.3 is 4.57 Å². The summed E-state index contributed by atoms with van der Waals surface area (Å²) in [4.78, 5) is 18.5. The highest BCUT2D eigenvalue weighted by molar-refractivity contribution is 7.89. The van der Waals surface area contributed by atoms with E-state index < -0.39 is 43.3 Å². The maximum atomic E-state index is 14.4. The minimum Gasteiger partial charge on any atom is -0.340 e. The Hall–Kier alpha value is -2.06. The average Bonchev–Trinajstić information content (AvgIpc) is 3.37. The zero-order chi connectivity index (χ0) is 23.7. The topological polar surface area (TPSA) is 130 Å². The second-order valence-corrected chi connectivity index (χ2v) is 11.9. The molecule has 1 saturated heterocycles. The quantitative estimate of drug-likeness (QED) is 0.515. The van der Waals surface area contributed by atoms with E-state index in [-0.39, 0.29) is 29.6 Å². The van der Waals surface area contributed by atoms with Crippen molar-refractivity contribution in [2.45, 2.75) is 13.3 Å². The summed E-state index contributed by atoms with van der Waals surface area (Å²) in [5.74, 6) is -2.91. The third kappa shape index (κ3) is 5.64. The van der Waals surface area contributed by atoms with Gasteiger partial charge in [0.1, 0.15) is 0 Å². The molecule has 176 valence electrons. The van der Waals surface area contributed by atoms with Crippen LogP contribution in [0.4, 0.5) is 4.39 Å². The molecule has 0 saturated carbocycles.